The summed E-state index contributed by atoms with van der Waals surface area (Å²) >= 11 is 9.12. The molecule has 100 valence electrons. The molecule has 1 unspecified atom stereocenters. The summed E-state index contributed by atoms with van der Waals surface area (Å²) in [4.78, 5) is 11.9. The zero-order valence-electron chi connectivity index (χ0n) is 10.6. The van der Waals surface area contributed by atoms with E-state index in [1.165, 1.54) is 0 Å². The van der Waals surface area contributed by atoms with Crippen molar-refractivity contribution in [3.05, 3.63) is 34.3 Å². The van der Waals surface area contributed by atoms with Crippen molar-refractivity contribution in [1.82, 2.24) is 5.32 Å². The van der Waals surface area contributed by atoms with Gasteiger partial charge in [0.1, 0.15) is 0 Å². The normalized spacial score (nSPS) is 12.2. The topological polar surface area (TPSA) is 29.1 Å². The van der Waals surface area contributed by atoms with Crippen LogP contribution in [0.2, 0.25) is 0 Å². The zero-order valence-corrected chi connectivity index (χ0v) is 12.9. The van der Waals surface area contributed by atoms with Gasteiger partial charge in [-0.05, 0) is 43.0 Å². The third kappa shape index (κ3) is 5.40. The smallest absolute Gasteiger partial charge is 0.251 e. The molecular formula is C14H19BrClNO. The van der Waals surface area contributed by atoms with Crippen molar-refractivity contribution in [2.75, 3.05) is 12.4 Å². The maximum absolute atomic E-state index is 11.9. The van der Waals surface area contributed by atoms with Crippen LogP contribution >= 0.6 is 27.5 Å². The summed E-state index contributed by atoms with van der Waals surface area (Å²) in [5.74, 6) is 1.11. The van der Waals surface area contributed by atoms with Crippen LogP contribution in [-0.4, -0.2) is 18.3 Å². The lowest BCUT2D eigenvalue weighted by Gasteiger charge is -2.15. The highest BCUT2D eigenvalue weighted by molar-refractivity contribution is 9.10. The second-order valence-electron chi connectivity index (χ2n) is 4.35. The van der Waals surface area contributed by atoms with Crippen molar-refractivity contribution in [3.8, 4) is 0 Å². The molecule has 0 bridgehead atoms. The summed E-state index contributed by atoms with van der Waals surface area (Å²) in [6, 6.07) is 7.37. The Morgan fingerprint density at radius 2 is 2.00 bits per heavy atom. The number of benzene rings is 1. The van der Waals surface area contributed by atoms with Gasteiger partial charge in [0.15, 0.2) is 0 Å². The molecular weight excluding hydrogens is 314 g/mol. The highest BCUT2D eigenvalue weighted by atomic mass is 79.9. The van der Waals surface area contributed by atoms with E-state index in [0.717, 1.165) is 23.7 Å². The summed E-state index contributed by atoms with van der Waals surface area (Å²) in [7, 11) is 0. The number of carbonyl (C=O) groups is 1. The Morgan fingerprint density at radius 3 is 2.56 bits per heavy atom. The molecule has 0 radical (unpaired) electrons. The van der Waals surface area contributed by atoms with Crippen molar-refractivity contribution >= 4 is 33.4 Å². The number of carbonyl (C=O) groups excluding carboxylic acids is 1. The molecule has 0 fully saturated rings. The third-order valence-corrected chi connectivity index (χ3v) is 3.62. The summed E-state index contributed by atoms with van der Waals surface area (Å²) < 4.78 is 0.977. The summed E-state index contributed by atoms with van der Waals surface area (Å²) in [5.41, 5.74) is 0.694. The average Bonchev–Trinajstić information content (AvgIpc) is 2.37. The predicted molar refractivity (Wildman–Crippen MR) is 80.2 cm³/mol. The fourth-order valence-electron chi connectivity index (χ4n) is 1.85. The first-order valence-corrected chi connectivity index (χ1v) is 7.59. The van der Waals surface area contributed by atoms with E-state index in [1.54, 1.807) is 0 Å². The van der Waals surface area contributed by atoms with Gasteiger partial charge in [-0.1, -0.05) is 29.3 Å². The van der Waals surface area contributed by atoms with Gasteiger partial charge in [-0.2, -0.15) is 0 Å². The summed E-state index contributed by atoms with van der Waals surface area (Å²) in [5, 5.41) is 2.98. The molecule has 1 atom stereocenters. The second kappa shape index (κ2) is 8.54. The van der Waals surface area contributed by atoms with Crippen LogP contribution in [0.1, 0.15) is 36.5 Å². The van der Waals surface area contributed by atoms with Crippen molar-refractivity contribution < 1.29 is 4.79 Å². The molecule has 0 spiro atoms. The van der Waals surface area contributed by atoms with E-state index in [9.17, 15) is 4.79 Å². The van der Waals surface area contributed by atoms with Crippen molar-refractivity contribution in [2.45, 2.75) is 26.2 Å². The fourth-order valence-corrected chi connectivity index (χ4v) is 2.42. The Morgan fingerprint density at radius 1 is 1.33 bits per heavy atom. The lowest BCUT2D eigenvalue weighted by atomic mass is 10.0. The molecule has 0 aliphatic heterocycles. The maximum atomic E-state index is 11.9. The average molecular weight is 333 g/mol. The lowest BCUT2D eigenvalue weighted by molar-refractivity contribution is 0.0946. The first-order chi connectivity index (χ1) is 8.67. The second-order valence-corrected chi connectivity index (χ2v) is 5.64. The Kier molecular flexibility index (Phi) is 7.36. The van der Waals surface area contributed by atoms with Crippen LogP contribution in [0.15, 0.2) is 28.7 Å². The molecule has 18 heavy (non-hydrogen) atoms. The number of rotatable bonds is 7. The molecule has 2 nitrogen and oxygen atoms in total. The molecule has 1 amide bonds. The molecule has 1 N–H and O–H groups in total. The van der Waals surface area contributed by atoms with E-state index >= 15 is 0 Å². The van der Waals surface area contributed by atoms with E-state index in [0.29, 0.717) is 23.9 Å². The number of hydrogen-bond donors (Lipinski definition) is 1. The molecule has 0 aliphatic rings. The molecule has 0 saturated heterocycles. The van der Waals surface area contributed by atoms with Gasteiger partial charge < -0.3 is 5.32 Å². The first kappa shape index (κ1) is 15.5. The minimum absolute atomic E-state index is 0.0156. The van der Waals surface area contributed by atoms with Crippen molar-refractivity contribution in [2.24, 2.45) is 5.92 Å². The predicted octanol–water partition coefficient (Wildman–Crippen LogP) is 4.22. The number of amides is 1. The van der Waals surface area contributed by atoms with Crippen LogP contribution in [0.5, 0.6) is 0 Å². The largest absolute Gasteiger partial charge is 0.352 e. The van der Waals surface area contributed by atoms with E-state index in [1.807, 2.05) is 24.3 Å². The summed E-state index contributed by atoms with van der Waals surface area (Å²) in [6.45, 7) is 2.85. The van der Waals surface area contributed by atoms with Gasteiger partial charge in [-0.3, -0.25) is 4.79 Å². The van der Waals surface area contributed by atoms with E-state index in [-0.39, 0.29) is 5.91 Å². The van der Waals surface area contributed by atoms with E-state index in [4.69, 9.17) is 11.6 Å². The molecule has 4 heteroatoms. The van der Waals surface area contributed by atoms with Crippen molar-refractivity contribution in [3.63, 3.8) is 0 Å². The maximum Gasteiger partial charge on any atom is 0.251 e. The van der Waals surface area contributed by atoms with Crippen LogP contribution in [-0.2, 0) is 0 Å². The van der Waals surface area contributed by atoms with Gasteiger partial charge in [-0.25, -0.2) is 0 Å². The molecule has 0 heterocycles. The Hall–Kier alpha value is -0.540. The number of hydrogen-bond acceptors (Lipinski definition) is 1. The van der Waals surface area contributed by atoms with E-state index in [2.05, 4.69) is 28.2 Å². The van der Waals surface area contributed by atoms with Gasteiger partial charge in [0.05, 0.1) is 0 Å². The molecule has 1 aromatic rings. The van der Waals surface area contributed by atoms with Crippen LogP contribution in [0, 0.1) is 5.92 Å². The quantitative estimate of drug-likeness (QED) is 0.744. The van der Waals surface area contributed by atoms with Gasteiger partial charge >= 0.3 is 0 Å². The number of nitrogens with one attached hydrogen (secondary N) is 1. The standard InChI is InChI=1S/C14H19BrClNO/c1-2-3-11(8-9-16)10-17-14(18)12-4-6-13(15)7-5-12/h4-7,11H,2-3,8-10H2,1H3,(H,17,18). The van der Waals surface area contributed by atoms with Gasteiger partial charge in [-0.15, -0.1) is 11.6 Å². The molecule has 0 aliphatic carbocycles. The Labute approximate surface area is 122 Å². The van der Waals surface area contributed by atoms with Crippen molar-refractivity contribution in [1.29, 1.82) is 0 Å². The molecule has 0 saturated carbocycles. The monoisotopic (exact) mass is 331 g/mol. The number of halogens is 2. The number of alkyl halides is 1. The van der Waals surface area contributed by atoms with Gasteiger partial charge in [0, 0.05) is 22.5 Å². The molecule has 1 rings (SSSR count). The molecule has 0 aromatic heterocycles. The SMILES string of the molecule is CCCC(CCCl)CNC(=O)c1ccc(Br)cc1. The zero-order chi connectivity index (χ0) is 13.4. The highest BCUT2D eigenvalue weighted by Gasteiger charge is 2.10. The minimum Gasteiger partial charge on any atom is -0.352 e. The fraction of sp³-hybridized carbons (Fsp3) is 0.500. The highest BCUT2D eigenvalue weighted by Crippen LogP contribution is 2.13. The Bertz CT molecular complexity index is 361. The van der Waals surface area contributed by atoms with Gasteiger partial charge in [0.2, 0.25) is 0 Å². The lowest BCUT2D eigenvalue weighted by Crippen LogP contribution is -2.29. The summed E-state index contributed by atoms with van der Waals surface area (Å²) in [6.07, 6.45) is 3.18. The van der Waals surface area contributed by atoms with Crippen LogP contribution in [0.4, 0.5) is 0 Å². The van der Waals surface area contributed by atoms with E-state index < -0.39 is 0 Å². The third-order valence-electron chi connectivity index (χ3n) is 2.87. The van der Waals surface area contributed by atoms with Crippen LogP contribution < -0.4 is 5.32 Å². The molecule has 1 aromatic carbocycles. The van der Waals surface area contributed by atoms with Crippen LogP contribution in [0.3, 0.4) is 0 Å². The first-order valence-electron chi connectivity index (χ1n) is 6.27. The van der Waals surface area contributed by atoms with Crippen LogP contribution in [0.25, 0.3) is 0 Å². The minimum atomic E-state index is -0.0156. The van der Waals surface area contributed by atoms with Gasteiger partial charge in [0.25, 0.3) is 5.91 Å². The Balaban J connectivity index is 2.46.